The van der Waals surface area contributed by atoms with E-state index in [1.54, 1.807) is 6.92 Å². The predicted octanol–water partition coefficient (Wildman–Crippen LogP) is 2.91. The summed E-state index contributed by atoms with van der Waals surface area (Å²) in [7, 11) is 1.33. The van der Waals surface area contributed by atoms with Crippen molar-refractivity contribution < 1.29 is 29.0 Å². The SMILES string of the molecule is COc1c(C(=O)O)cc2c(C)c(C(=O)O)oc2c1Br. The minimum absolute atomic E-state index is 0.0669. The lowest BCUT2D eigenvalue weighted by Gasteiger charge is -2.07. The maximum Gasteiger partial charge on any atom is 0.372 e. The maximum atomic E-state index is 11.2. The molecule has 0 bridgehead atoms. The molecule has 7 heteroatoms. The number of benzene rings is 1. The zero-order chi connectivity index (χ0) is 14.3. The van der Waals surface area contributed by atoms with Gasteiger partial charge in [-0.15, -0.1) is 0 Å². The number of hydrogen-bond donors (Lipinski definition) is 2. The van der Waals surface area contributed by atoms with Gasteiger partial charge in [0.25, 0.3) is 0 Å². The molecule has 0 saturated heterocycles. The van der Waals surface area contributed by atoms with Gasteiger partial charge in [0, 0.05) is 10.9 Å². The highest BCUT2D eigenvalue weighted by molar-refractivity contribution is 9.10. The first kappa shape index (κ1) is 13.4. The van der Waals surface area contributed by atoms with E-state index in [0.717, 1.165) is 0 Å². The van der Waals surface area contributed by atoms with Crippen molar-refractivity contribution in [3.63, 3.8) is 0 Å². The highest BCUT2D eigenvalue weighted by Gasteiger charge is 2.24. The molecule has 19 heavy (non-hydrogen) atoms. The normalized spacial score (nSPS) is 10.7. The van der Waals surface area contributed by atoms with Crippen molar-refractivity contribution >= 4 is 38.8 Å². The summed E-state index contributed by atoms with van der Waals surface area (Å²) in [5.41, 5.74) is 0.549. The van der Waals surface area contributed by atoms with Crippen molar-refractivity contribution in [3.8, 4) is 5.75 Å². The Kier molecular flexibility index (Phi) is 3.23. The van der Waals surface area contributed by atoms with E-state index in [1.807, 2.05) is 0 Å². The third-order valence-corrected chi connectivity index (χ3v) is 3.47. The first-order chi connectivity index (χ1) is 8.88. The van der Waals surface area contributed by atoms with E-state index in [2.05, 4.69) is 15.9 Å². The smallest absolute Gasteiger partial charge is 0.372 e. The van der Waals surface area contributed by atoms with Gasteiger partial charge in [-0.05, 0) is 28.9 Å². The molecule has 0 spiro atoms. The van der Waals surface area contributed by atoms with Crippen LogP contribution in [0, 0.1) is 6.92 Å². The minimum Gasteiger partial charge on any atom is -0.495 e. The number of carboxylic acids is 2. The summed E-state index contributed by atoms with van der Waals surface area (Å²) in [6.07, 6.45) is 0. The molecule has 2 aromatic rings. The van der Waals surface area contributed by atoms with Crippen LogP contribution in [0.1, 0.15) is 26.5 Å². The van der Waals surface area contributed by atoms with Crippen molar-refractivity contribution in [1.29, 1.82) is 0 Å². The number of carbonyl (C=O) groups is 2. The summed E-state index contributed by atoms with van der Waals surface area (Å²) in [4.78, 5) is 22.2. The van der Waals surface area contributed by atoms with Crippen molar-refractivity contribution in [1.82, 2.24) is 0 Å². The molecule has 1 aromatic carbocycles. The average Bonchev–Trinajstić information content (AvgIpc) is 2.67. The summed E-state index contributed by atoms with van der Waals surface area (Å²) in [6, 6.07) is 1.34. The van der Waals surface area contributed by atoms with Crippen LogP contribution in [0.2, 0.25) is 0 Å². The molecular formula is C12H9BrO6. The summed E-state index contributed by atoms with van der Waals surface area (Å²) in [5.74, 6) is -2.51. The number of fused-ring (bicyclic) bond motifs is 1. The monoisotopic (exact) mass is 328 g/mol. The number of carboxylic acid groups (broad SMARTS) is 2. The molecule has 100 valence electrons. The molecule has 0 atom stereocenters. The standard InChI is InChI=1S/C12H9BrO6/c1-4-5-3-6(11(14)15)9(18-2)7(13)10(5)19-8(4)12(16)17/h3H,1-2H3,(H,14,15)(H,16,17). The van der Waals surface area contributed by atoms with Crippen LogP contribution in [-0.2, 0) is 0 Å². The van der Waals surface area contributed by atoms with Gasteiger partial charge in [0.2, 0.25) is 5.76 Å². The number of aryl methyl sites for hydroxylation is 1. The van der Waals surface area contributed by atoms with E-state index >= 15 is 0 Å². The highest BCUT2D eigenvalue weighted by Crippen LogP contribution is 2.40. The Hall–Kier alpha value is -2.02. The number of furan rings is 1. The van der Waals surface area contributed by atoms with Crippen LogP contribution in [0.15, 0.2) is 15.0 Å². The van der Waals surface area contributed by atoms with Gasteiger partial charge < -0.3 is 19.4 Å². The highest BCUT2D eigenvalue weighted by atomic mass is 79.9. The van der Waals surface area contributed by atoms with Gasteiger partial charge >= 0.3 is 11.9 Å². The molecule has 0 amide bonds. The minimum atomic E-state index is -1.21. The molecule has 0 aliphatic heterocycles. The number of aromatic carboxylic acids is 2. The fourth-order valence-electron chi connectivity index (χ4n) is 1.86. The lowest BCUT2D eigenvalue weighted by Crippen LogP contribution is -2.01. The van der Waals surface area contributed by atoms with Gasteiger partial charge in [-0.3, -0.25) is 0 Å². The predicted molar refractivity (Wildman–Crippen MR) is 69.1 cm³/mol. The molecule has 0 fully saturated rings. The molecule has 0 aliphatic rings. The van der Waals surface area contributed by atoms with Gasteiger partial charge in [-0.2, -0.15) is 0 Å². The van der Waals surface area contributed by atoms with E-state index < -0.39 is 11.9 Å². The zero-order valence-electron chi connectivity index (χ0n) is 9.98. The van der Waals surface area contributed by atoms with E-state index in [4.69, 9.17) is 19.4 Å². The summed E-state index contributed by atoms with van der Waals surface area (Å²) in [6.45, 7) is 1.56. The molecule has 0 aliphatic carbocycles. The average molecular weight is 329 g/mol. The number of halogens is 1. The van der Waals surface area contributed by atoms with Gasteiger partial charge in [-0.1, -0.05) is 0 Å². The molecule has 2 rings (SSSR count). The Bertz CT molecular complexity index is 700. The molecular weight excluding hydrogens is 320 g/mol. The third kappa shape index (κ3) is 1.95. The summed E-state index contributed by atoms with van der Waals surface area (Å²) >= 11 is 3.18. The second-order valence-electron chi connectivity index (χ2n) is 3.81. The molecule has 1 aromatic heterocycles. The quantitative estimate of drug-likeness (QED) is 0.899. The maximum absolute atomic E-state index is 11.2. The van der Waals surface area contributed by atoms with Crippen LogP contribution in [0.5, 0.6) is 5.75 Å². The third-order valence-electron chi connectivity index (χ3n) is 2.75. The summed E-state index contributed by atoms with van der Waals surface area (Å²) in [5, 5.41) is 18.6. The first-order valence-corrected chi connectivity index (χ1v) is 5.94. The van der Waals surface area contributed by atoms with Crippen LogP contribution >= 0.6 is 15.9 Å². The number of ether oxygens (including phenoxy) is 1. The van der Waals surface area contributed by atoms with Crippen LogP contribution in [0.25, 0.3) is 11.0 Å². The largest absolute Gasteiger partial charge is 0.495 e. The molecule has 0 saturated carbocycles. The van der Waals surface area contributed by atoms with Crippen molar-refractivity contribution in [3.05, 3.63) is 27.4 Å². The van der Waals surface area contributed by atoms with E-state index in [1.165, 1.54) is 13.2 Å². The van der Waals surface area contributed by atoms with Crippen molar-refractivity contribution in [2.45, 2.75) is 6.92 Å². The van der Waals surface area contributed by atoms with Gasteiger partial charge in [0.1, 0.15) is 10.0 Å². The molecule has 0 radical (unpaired) electrons. The second kappa shape index (κ2) is 4.58. The Morgan fingerprint density at radius 2 is 1.95 bits per heavy atom. The number of rotatable bonds is 3. The van der Waals surface area contributed by atoms with E-state index in [-0.39, 0.29) is 27.1 Å². The Balaban J connectivity index is 2.92. The van der Waals surface area contributed by atoms with Crippen LogP contribution in [0.3, 0.4) is 0 Å². The lowest BCUT2D eigenvalue weighted by atomic mass is 10.1. The van der Waals surface area contributed by atoms with Crippen molar-refractivity contribution in [2.24, 2.45) is 0 Å². The van der Waals surface area contributed by atoms with E-state index in [9.17, 15) is 9.59 Å². The number of hydrogen-bond acceptors (Lipinski definition) is 4. The number of methoxy groups -OCH3 is 1. The van der Waals surface area contributed by atoms with Gasteiger partial charge in [0.05, 0.1) is 7.11 Å². The Labute approximate surface area is 115 Å². The first-order valence-electron chi connectivity index (χ1n) is 5.14. The van der Waals surface area contributed by atoms with E-state index in [0.29, 0.717) is 10.9 Å². The van der Waals surface area contributed by atoms with Crippen LogP contribution < -0.4 is 4.74 Å². The fourth-order valence-corrected chi connectivity index (χ4v) is 2.53. The molecule has 2 N–H and O–H groups in total. The summed E-state index contributed by atoms with van der Waals surface area (Å²) < 4.78 is 10.5. The van der Waals surface area contributed by atoms with Crippen LogP contribution in [-0.4, -0.2) is 29.3 Å². The van der Waals surface area contributed by atoms with Gasteiger partial charge in [0.15, 0.2) is 11.3 Å². The van der Waals surface area contributed by atoms with Crippen molar-refractivity contribution in [2.75, 3.05) is 7.11 Å². The Morgan fingerprint density at radius 3 is 2.42 bits per heavy atom. The van der Waals surface area contributed by atoms with Gasteiger partial charge in [-0.25, -0.2) is 9.59 Å². The zero-order valence-corrected chi connectivity index (χ0v) is 11.6. The lowest BCUT2D eigenvalue weighted by molar-refractivity contribution is 0.0660. The second-order valence-corrected chi connectivity index (χ2v) is 4.61. The van der Waals surface area contributed by atoms with Crippen LogP contribution in [0.4, 0.5) is 0 Å². The fraction of sp³-hybridized carbons (Fsp3) is 0.167. The molecule has 1 heterocycles. The molecule has 6 nitrogen and oxygen atoms in total. The molecule has 0 unspecified atom stereocenters. The topological polar surface area (TPSA) is 97.0 Å². The Morgan fingerprint density at radius 1 is 1.32 bits per heavy atom.